The number of ether oxygens (including phenoxy) is 2. The number of guanidine groups is 1. The number of nitrogens with two attached hydrogens (primary N) is 1. The zero-order chi connectivity index (χ0) is 21.1. The maximum atomic E-state index is 13.9. The highest BCUT2D eigenvalue weighted by Crippen LogP contribution is 2.51. The standard InChI is InChI=1S/C22H21ClFN3O3/c1-27-19(28)22(26-20(27)25)11-21(5-2-6-29-12-21)30-18-4-3-13(9-17(18)22)14-7-15(23)10-16(24)8-14/h3-4,7-10H,2,5-6,11-12H2,1H3,(H2,25,26)/t21-,22+/m1/s1. The molecule has 2 atom stereocenters. The summed E-state index contributed by atoms with van der Waals surface area (Å²) in [7, 11) is 1.62. The van der Waals surface area contributed by atoms with Crippen LogP contribution in [0.2, 0.25) is 5.02 Å². The third-order valence-electron chi connectivity index (χ3n) is 6.12. The van der Waals surface area contributed by atoms with Crippen LogP contribution in [-0.4, -0.2) is 42.6 Å². The molecule has 30 heavy (non-hydrogen) atoms. The quantitative estimate of drug-likeness (QED) is 0.753. The fourth-order valence-corrected chi connectivity index (χ4v) is 4.93. The van der Waals surface area contributed by atoms with E-state index >= 15 is 0 Å². The van der Waals surface area contributed by atoms with Gasteiger partial charge < -0.3 is 15.2 Å². The number of rotatable bonds is 1. The third-order valence-corrected chi connectivity index (χ3v) is 6.34. The summed E-state index contributed by atoms with van der Waals surface area (Å²) in [4.78, 5) is 19.4. The van der Waals surface area contributed by atoms with Crippen molar-refractivity contribution in [2.45, 2.75) is 30.4 Å². The van der Waals surface area contributed by atoms with E-state index in [1.54, 1.807) is 19.2 Å². The predicted octanol–water partition coefficient (Wildman–Crippen LogP) is 3.46. The maximum Gasteiger partial charge on any atom is 0.261 e. The van der Waals surface area contributed by atoms with Gasteiger partial charge in [0.2, 0.25) is 0 Å². The molecular formula is C22H21ClFN3O3. The lowest BCUT2D eigenvalue weighted by Gasteiger charge is -2.46. The Balaban J connectivity index is 1.69. The van der Waals surface area contributed by atoms with Crippen LogP contribution in [0.25, 0.3) is 11.1 Å². The first kappa shape index (κ1) is 19.3. The molecule has 2 aromatic carbocycles. The van der Waals surface area contributed by atoms with Gasteiger partial charge in [0, 0.05) is 30.7 Å². The van der Waals surface area contributed by atoms with E-state index in [9.17, 15) is 9.18 Å². The highest BCUT2D eigenvalue weighted by Gasteiger charge is 2.58. The summed E-state index contributed by atoms with van der Waals surface area (Å²) in [5.74, 6) is 0.0967. The third kappa shape index (κ3) is 2.87. The molecule has 1 saturated heterocycles. The lowest BCUT2D eigenvalue weighted by Crippen LogP contribution is -2.55. The maximum absolute atomic E-state index is 13.9. The molecule has 1 amide bonds. The van der Waals surface area contributed by atoms with Gasteiger partial charge in [-0.25, -0.2) is 9.38 Å². The Hall–Kier alpha value is -2.64. The zero-order valence-corrected chi connectivity index (χ0v) is 17.2. The Morgan fingerprint density at radius 2 is 2.07 bits per heavy atom. The Morgan fingerprint density at radius 1 is 1.23 bits per heavy atom. The number of nitrogens with zero attached hydrogens (tertiary/aromatic N) is 2. The van der Waals surface area contributed by atoms with E-state index in [0.29, 0.717) is 47.1 Å². The van der Waals surface area contributed by atoms with Crippen molar-refractivity contribution in [2.24, 2.45) is 10.7 Å². The molecule has 0 aliphatic carbocycles. The van der Waals surface area contributed by atoms with Crippen LogP contribution in [0, 0.1) is 5.82 Å². The molecule has 1 fully saturated rings. The summed E-state index contributed by atoms with van der Waals surface area (Å²) in [6, 6.07) is 9.79. The van der Waals surface area contributed by atoms with E-state index < -0.39 is 17.0 Å². The van der Waals surface area contributed by atoms with Gasteiger partial charge in [0.25, 0.3) is 5.91 Å². The minimum Gasteiger partial charge on any atom is -0.484 e. The number of carbonyl (C=O) groups is 1. The van der Waals surface area contributed by atoms with Gasteiger partial charge in [0.15, 0.2) is 11.5 Å². The number of halogens is 2. The Labute approximate surface area is 178 Å². The minimum atomic E-state index is -1.19. The van der Waals surface area contributed by atoms with Crippen molar-refractivity contribution in [3.8, 4) is 16.9 Å². The largest absolute Gasteiger partial charge is 0.484 e. The van der Waals surface area contributed by atoms with Crippen LogP contribution in [0.15, 0.2) is 41.4 Å². The van der Waals surface area contributed by atoms with Crippen molar-refractivity contribution in [3.05, 3.63) is 52.8 Å². The van der Waals surface area contributed by atoms with E-state index in [0.717, 1.165) is 12.8 Å². The molecule has 2 aromatic rings. The van der Waals surface area contributed by atoms with Gasteiger partial charge in [0.05, 0.1) is 6.61 Å². The molecule has 0 bridgehead atoms. The Bertz CT molecular complexity index is 1060. The molecule has 2 N–H and O–H groups in total. The number of hydrogen-bond acceptors (Lipinski definition) is 5. The van der Waals surface area contributed by atoms with Crippen molar-refractivity contribution in [1.82, 2.24) is 4.90 Å². The smallest absolute Gasteiger partial charge is 0.261 e. The monoisotopic (exact) mass is 429 g/mol. The van der Waals surface area contributed by atoms with Crippen LogP contribution < -0.4 is 10.5 Å². The molecule has 156 valence electrons. The molecule has 3 aliphatic heterocycles. The molecule has 0 aromatic heterocycles. The van der Waals surface area contributed by atoms with Gasteiger partial charge >= 0.3 is 0 Å². The average Bonchev–Trinajstić information content (AvgIpc) is 2.91. The highest BCUT2D eigenvalue weighted by atomic mass is 35.5. The SMILES string of the molecule is CN1C(=O)[C@@]2(C[C@@]3(CCCOC3)Oc3ccc(-c4cc(F)cc(Cl)c4)cc32)N=C1N. The lowest BCUT2D eigenvalue weighted by atomic mass is 9.74. The van der Waals surface area contributed by atoms with Crippen LogP contribution >= 0.6 is 11.6 Å². The summed E-state index contributed by atoms with van der Waals surface area (Å²) in [6.07, 6.45) is 1.95. The van der Waals surface area contributed by atoms with Gasteiger partial charge in [-0.3, -0.25) is 9.69 Å². The van der Waals surface area contributed by atoms with E-state index in [1.165, 1.54) is 17.0 Å². The van der Waals surface area contributed by atoms with Crippen molar-refractivity contribution in [3.63, 3.8) is 0 Å². The van der Waals surface area contributed by atoms with Crippen LogP contribution in [0.5, 0.6) is 5.75 Å². The molecule has 0 unspecified atom stereocenters. The van der Waals surface area contributed by atoms with Crippen LogP contribution in [-0.2, 0) is 15.1 Å². The topological polar surface area (TPSA) is 77.2 Å². The van der Waals surface area contributed by atoms with Crippen LogP contribution in [0.1, 0.15) is 24.8 Å². The molecule has 3 aliphatic rings. The number of benzene rings is 2. The second-order valence-corrected chi connectivity index (χ2v) is 8.62. The molecule has 3 heterocycles. The number of fused-ring (bicyclic) bond motifs is 2. The van der Waals surface area contributed by atoms with Crippen molar-refractivity contribution >= 4 is 23.5 Å². The molecule has 8 heteroatoms. The normalized spacial score (nSPS) is 27.9. The average molecular weight is 430 g/mol. The fraction of sp³-hybridized carbons (Fsp3) is 0.364. The van der Waals surface area contributed by atoms with Gasteiger partial charge in [-0.15, -0.1) is 0 Å². The molecule has 0 saturated carbocycles. The molecule has 5 rings (SSSR count). The molecule has 6 nitrogen and oxygen atoms in total. The summed E-state index contributed by atoms with van der Waals surface area (Å²) in [5, 5.41) is 0.297. The van der Waals surface area contributed by atoms with Gasteiger partial charge in [-0.2, -0.15) is 0 Å². The van der Waals surface area contributed by atoms with Crippen molar-refractivity contribution in [2.75, 3.05) is 20.3 Å². The second kappa shape index (κ2) is 6.68. The highest BCUT2D eigenvalue weighted by molar-refractivity contribution is 6.30. The molecule has 2 spiro atoms. The fourth-order valence-electron chi connectivity index (χ4n) is 4.71. The minimum absolute atomic E-state index is 0.166. The van der Waals surface area contributed by atoms with E-state index in [-0.39, 0.29) is 11.9 Å². The number of amides is 1. The zero-order valence-electron chi connectivity index (χ0n) is 16.5. The van der Waals surface area contributed by atoms with Crippen molar-refractivity contribution in [1.29, 1.82) is 0 Å². The molecular weight excluding hydrogens is 409 g/mol. The Morgan fingerprint density at radius 3 is 2.73 bits per heavy atom. The first-order valence-electron chi connectivity index (χ1n) is 9.83. The summed E-state index contributed by atoms with van der Waals surface area (Å²) in [6.45, 7) is 1.06. The number of carbonyl (C=O) groups excluding carboxylic acids is 1. The summed E-state index contributed by atoms with van der Waals surface area (Å²) in [5.41, 5.74) is 6.16. The predicted molar refractivity (Wildman–Crippen MR) is 111 cm³/mol. The van der Waals surface area contributed by atoms with Gasteiger partial charge in [-0.05, 0) is 54.3 Å². The van der Waals surface area contributed by atoms with E-state index in [4.69, 9.17) is 26.8 Å². The number of hydrogen-bond donors (Lipinski definition) is 1. The van der Waals surface area contributed by atoms with E-state index in [2.05, 4.69) is 4.99 Å². The van der Waals surface area contributed by atoms with Gasteiger partial charge in [0.1, 0.15) is 17.2 Å². The first-order valence-corrected chi connectivity index (χ1v) is 10.2. The molecule has 0 radical (unpaired) electrons. The van der Waals surface area contributed by atoms with Gasteiger partial charge in [-0.1, -0.05) is 17.7 Å². The summed E-state index contributed by atoms with van der Waals surface area (Å²) < 4.78 is 26.0. The number of likely N-dealkylation sites (N-methyl/N-ethyl adjacent to an activating group) is 1. The van der Waals surface area contributed by atoms with Crippen LogP contribution in [0.3, 0.4) is 0 Å². The summed E-state index contributed by atoms with van der Waals surface area (Å²) >= 11 is 6.05. The number of aliphatic imine (C=N–C) groups is 1. The second-order valence-electron chi connectivity index (χ2n) is 8.18. The first-order chi connectivity index (χ1) is 14.3. The Kier molecular flexibility index (Phi) is 4.31. The van der Waals surface area contributed by atoms with E-state index in [1.807, 2.05) is 12.1 Å². The van der Waals surface area contributed by atoms with Crippen LogP contribution in [0.4, 0.5) is 4.39 Å². The lowest BCUT2D eigenvalue weighted by molar-refractivity contribution is -0.139. The van der Waals surface area contributed by atoms with Crippen molar-refractivity contribution < 1.29 is 18.7 Å².